The predicted octanol–water partition coefficient (Wildman–Crippen LogP) is 0.668. The Balaban J connectivity index is 1.81. The Morgan fingerprint density at radius 2 is 1.60 bits per heavy atom. The first kappa shape index (κ1) is 10.9. The van der Waals surface area contributed by atoms with Crippen molar-refractivity contribution in [2.75, 3.05) is 0 Å². The highest BCUT2D eigenvalue weighted by Crippen LogP contribution is 2.18. The molecule has 2 unspecified atom stereocenters. The van der Waals surface area contributed by atoms with Crippen molar-refractivity contribution in [1.29, 1.82) is 0 Å². The maximum atomic E-state index is 6.00. The van der Waals surface area contributed by atoms with Gasteiger partial charge in [-0.2, -0.15) is 0 Å². The van der Waals surface area contributed by atoms with Gasteiger partial charge in [0.05, 0.1) is 0 Å². The summed E-state index contributed by atoms with van der Waals surface area (Å²) in [6.45, 7) is 0. The Kier molecular flexibility index (Phi) is 3.57. The molecule has 2 atom stereocenters. The van der Waals surface area contributed by atoms with Gasteiger partial charge < -0.3 is 16.8 Å². The van der Waals surface area contributed by atoms with E-state index in [1.165, 1.54) is 12.8 Å². The molecule has 0 saturated heterocycles. The lowest BCUT2D eigenvalue weighted by Crippen LogP contribution is -2.49. The molecule has 2 rings (SSSR count). The highest BCUT2D eigenvalue weighted by molar-refractivity contribution is 5.19. The molecule has 0 bridgehead atoms. The lowest BCUT2D eigenvalue weighted by molar-refractivity contribution is 0.322. The Morgan fingerprint density at radius 3 is 2.27 bits per heavy atom. The normalized spacial score (nSPS) is 40.7. The molecular weight excluding hydrogens is 186 g/mol. The number of rotatable bonds is 2. The Labute approximate surface area is 91.6 Å². The summed E-state index contributed by atoms with van der Waals surface area (Å²) < 4.78 is 0. The second-order valence-electron chi connectivity index (χ2n) is 4.65. The summed E-state index contributed by atoms with van der Waals surface area (Å²) in [6.07, 6.45) is 12.9. The zero-order chi connectivity index (χ0) is 10.7. The van der Waals surface area contributed by atoms with E-state index in [1.807, 2.05) is 12.2 Å². The zero-order valence-corrected chi connectivity index (χ0v) is 9.10. The van der Waals surface area contributed by atoms with Gasteiger partial charge in [-0.25, -0.2) is 0 Å². The lowest BCUT2D eigenvalue weighted by Gasteiger charge is -2.32. The van der Waals surface area contributed by atoms with Crippen LogP contribution in [0.3, 0.4) is 0 Å². The van der Waals surface area contributed by atoms with E-state index in [2.05, 4.69) is 17.5 Å². The van der Waals surface area contributed by atoms with Gasteiger partial charge in [-0.3, -0.25) is 0 Å². The first-order chi connectivity index (χ1) is 7.25. The van der Waals surface area contributed by atoms with Crippen LogP contribution in [-0.2, 0) is 0 Å². The summed E-state index contributed by atoms with van der Waals surface area (Å²) in [6, 6.07) is 1.43. The molecule has 0 amide bonds. The molecule has 3 nitrogen and oxygen atoms in total. The first-order valence-corrected chi connectivity index (χ1v) is 5.88. The van der Waals surface area contributed by atoms with E-state index in [0.29, 0.717) is 18.1 Å². The smallest absolute Gasteiger partial charge is 0.0445 e. The molecule has 0 aromatic heterocycles. The third kappa shape index (κ3) is 2.91. The van der Waals surface area contributed by atoms with Crippen molar-refractivity contribution in [3.8, 4) is 0 Å². The quantitative estimate of drug-likeness (QED) is 0.623. The summed E-state index contributed by atoms with van der Waals surface area (Å²) in [5, 5.41) is 3.61. The minimum absolute atomic E-state index is 0.116. The first-order valence-electron chi connectivity index (χ1n) is 5.88. The summed E-state index contributed by atoms with van der Waals surface area (Å²) >= 11 is 0. The zero-order valence-electron chi connectivity index (χ0n) is 9.10. The van der Waals surface area contributed by atoms with Crippen LogP contribution < -0.4 is 16.8 Å². The molecule has 0 aromatic rings. The van der Waals surface area contributed by atoms with E-state index >= 15 is 0 Å². The molecule has 84 valence electrons. The van der Waals surface area contributed by atoms with Crippen molar-refractivity contribution >= 4 is 0 Å². The number of nitrogens with two attached hydrogens (primary N) is 2. The third-order valence-corrected chi connectivity index (χ3v) is 3.38. The van der Waals surface area contributed by atoms with Gasteiger partial charge in [0.1, 0.15) is 0 Å². The van der Waals surface area contributed by atoms with Crippen molar-refractivity contribution in [2.24, 2.45) is 11.5 Å². The summed E-state index contributed by atoms with van der Waals surface area (Å²) in [7, 11) is 0. The molecule has 3 heteroatoms. The highest BCUT2D eigenvalue weighted by Gasteiger charge is 2.22. The molecule has 1 fully saturated rings. The number of hydrogen-bond acceptors (Lipinski definition) is 3. The van der Waals surface area contributed by atoms with E-state index in [0.717, 1.165) is 12.8 Å². The van der Waals surface area contributed by atoms with Crippen LogP contribution in [0.15, 0.2) is 24.3 Å². The van der Waals surface area contributed by atoms with E-state index in [9.17, 15) is 0 Å². The van der Waals surface area contributed by atoms with Crippen LogP contribution in [0.5, 0.6) is 0 Å². The van der Waals surface area contributed by atoms with Crippen LogP contribution in [0.25, 0.3) is 0 Å². The largest absolute Gasteiger partial charge is 0.328 e. The van der Waals surface area contributed by atoms with Gasteiger partial charge in [-0.15, -0.1) is 0 Å². The van der Waals surface area contributed by atoms with Gasteiger partial charge in [0.2, 0.25) is 0 Å². The fourth-order valence-corrected chi connectivity index (χ4v) is 2.35. The van der Waals surface area contributed by atoms with E-state index in [1.54, 1.807) is 0 Å². The van der Waals surface area contributed by atoms with Crippen LogP contribution in [0.4, 0.5) is 0 Å². The van der Waals surface area contributed by atoms with Crippen molar-refractivity contribution in [3.05, 3.63) is 24.3 Å². The van der Waals surface area contributed by atoms with Crippen LogP contribution in [0, 0.1) is 0 Å². The van der Waals surface area contributed by atoms with E-state index in [4.69, 9.17) is 11.5 Å². The number of nitrogens with one attached hydrogen (secondary N) is 1. The van der Waals surface area contributed by atoms with Crippen molar-refractivity contribution in [2.45, 2.75) is 49.9 Å². The van der Waals surface area contributed by atoms with Crippen LogP contribution in [-0.4, -0.2) is 24.2 Å². The number of allylic oxidation sites excluding steroid dienone is 2. The molecule has 5 N–H and O–H groups in total. The molecule has 0 spiro atoms. The van der Waals surface area contributed by atoms with E-state index < -0.39 is 0 Å². The molecule has 0 heterocycles. The van der Waals surface area contributed by atoms with Gasteiger partial charge in [0.25, 0.3) is 0 Å². The summed E-state index contributed by atoms with van der Waals surface area (Å²) in [5.41, 5.74) is 11.9. The Hall–Kier alpha value is -0.640. The second-order valence-corrected chi connectivity index (χ2v) is 4.65. The highest BCUT2D eigenvalue weighted by atomic mass is 15.0. The molecule has 0 aromatic carbocycles. The van der Waals surface area contributed by atoms with Gasteiger partial charge in [-0.05, 0) is 25.7 Å². The third-order valence-electron chi connectivity index (χ3n) is 3.38. The minimum Gasteiger partial charge on any atom is -0.328 e. The number of hydrogen-bond donors (Lipinski definition) is 3. The van der Waals surface area contributed by atoms with Gasteiger partial charge in [0.15, 0.2) is 0 Å². The van der Waals surface area contributed by atoms with Crippen molar-refractivity contribution in [3.63, 3.8) is 0 Å². The fourth-order valence-electron chi connectivity index (χ4n) is 2.35. The summed E-state index contributed by atoms with van der Waals surface area (Å²) in [4.78, 5) is 0. The molecule has 15 heavy (non-hydrogen) atoms. The van der Waals surface area contributed by atoms with Gasteiger partial charge >= 0.3 is 0 Å². The van der Waals surface area contributed by atoms with Crippen LogP contribution >= 0.6 is 0 Å². The molecule has 2 aliphatic rings. The topological polar surface area (TPSA) is 64.1 Å². The summed E-state index contributed by atoms with van der Waals surface area (Å²) in [5.74, 6) is 0. The fraction of sp³-hybridized carbons (Fsp3) is 0.667. The van der Waals surface area contributed by atoms with Gasteiger partial charge in [0, 0.05) is 24.2 Å². The molecular formula is C12H21N3. The Morgan fingerprint density at radius 1 is 0.933 bits per heavy atom. The Bertz CT molecular complexity index is 252. The average molecular weight is 207 g/mol. The molecule has 1 saturated carbocycles. The average Bonchev–Trinajstić information content (AvgIpc) is 2.25. The molecule has 0 aliphatic heterocycles. The maximum Gasteiger partial charge on any atom is 0.0445 e. The minimum atomic E-state index is 0.116. The van der Waals surface area contributed by atoms with E-state index in [-0.39, 0.29) is 6.04 Å². The van der Waals surface area contributed by atoms with Crippen molar-refractivity contribution < 1.29 is 0 Å². The standard InChI is InChI=1S/C12H21N3/c13-9-5-7-10(8-6-9)15-12-4-2-1-3-11(12)14/h1-4,9-12,15H,5-8,13-14H2. The van der Waals surface area contributed by atoms with Crippen LogP contribution in [0.2, 0.25) is 0 Å². The maximum absolute atomic E-state index is 6.00. The molecule has 0 radical (unpaired) electrons. The van der Waals surface area contributed by atoms with Crippen LogP contribution in [0.1, 0.15) is 25.7 Å². The SMILES string of the molecule is NC1CCC(NC2C=CC=CC2N)CC1. The molecule has 2 aliphatic carbocycles. The second kappa shape index (κ2) is 4.92. The lowest BCUT2D eigenvalue weighted by atomic mass is 9.90. The van der Waals surface area contributed by atoms with Gasteiger partial charge in [-0.1, -0.05) is 24.3 Å². The predicted molar refractivity (Wildman–Crippen MR) is 63.4 cm³/mol. The monoisotopic (exact) mass is 207 g/mol. The van der Waals surface area contributed by atoms with Crippen molar-refractivity contribution in [1.82, 2.24) is 5.32 Å².